The Bertz CT molecular complexity index is 238. The molecule has 0 unspecified atom stereocenters. The van der Waals surface area contributed by atoms with Crippen molar-refractivity contribution in [1.82, 2.24) is 0 Å². The Hall–Kier alpha value is -0.890. The molecule has 0 atom stereocenters. The summed E-state index contributed by atoms with van der Waals surface area (Å²) in [5.41, 5.74) is 7.29. The summed E-state index contributed by atoms with van der Waals surface area (Å²) in [4.78, 5) is 1.90. The molecule has 0 aliphatic rings. The van der Waals surface area contributed by atoms with Gasteiger partial charge in [0.1, 0.15) is 0 Å². The van der Waals surface area contributed by atoms with E-state index in [2.05, 4.69) is 0 Å². The Labute approximate surface area is 71.6 Å². The molecule has 3 heteroatoms. The minimum atomic E-state index is 0.690. The number of hydrogen-bond acceptors (Lipinski definition) is 2. The number of nitrogens with zero attached hydrogens (tertiary/aromatic N) is 1. The fourth-order valence-electron chi connectivity index (χ4n) is 1.00. The summed E-state index contributed by atoms with van der Waals surface area (Å²) < 4.78 is 0. The number of nitrogens with two attached hydrogens (primary N) is 1. The fourth-order valence-corrected chi connectivity index (χ4v) is 1.35. The molecule has 0 aliphatic carbocycles. The summed E-state index contributed by atoms with van der Waals surface area (Å²) in [7, 11) is 3.83. The van der Waals surface area contributed by atoms with Crippen LogP contribution < -0.4 is 10.6 Å². The van der Waals surface area contributed by atoms with Gasteiger partial charge < -0.3 is 10.6 Å². The summed E-state index contributed by atoms with van der Waals surface area (Å²) in [6.07, 6.45) is 0. The van der Waals surface area contributed by atoms with Crippen LogP contribution in [0.1, 0.15) is 0 Å². The van der Waals surface area contributed by atoms with E-state index in [0.29, 0.717) is 10.7 Å². The number of para-hydroxylation sites is 1. The predicted molar refractivity (Wildman–Crippen MR) is 50.2 cm³/mol. The van der Waals surface area contributed by atoms with Gasteiger partial charge in [0.15, 0.2) is 0 Å². The molecule has 2 N–H and O–H groups in total. The van der Waals surface area contributed by atoms with Gasteiger partial charge in [0, 0.05) is 14.1 Å². The van der Waals surface area contributed by atoms with Crippen molar-refractivity contribution in [3.8, 4) is 0 Å². The maximum atomic E-state index is 5.90. The molecule has 60 valence electrons. The highest BCUT2D eigenvalue weighted by atomic mass is 35.5. The monoisotopic (exact) mass is 170 g/mol. The Morgan fingerprint density at radius 1 is 1.36 bits per heavy atom. The molecule has 2 nitrogen and oxygen atoms in total. The second-order valence-corrected chi connectivity index (χ2v) is 2.98. The highest BCUT2D eigenvalue weighted by molar-refractivity contribution is 6.33. The van der Waals surface area contributed by atoms with Gasteiger partial charge in [-0.1, -0.05) is 17.7 Å². The lowest BCUT2D eigenvalue weighted by Crippen LogP contribution is -2.11. The molecule has 0 bridgehead atoms. The minimum absolute atomic E-state index is 0.690. The van der Waals surface area contributed by atoms with E-state index in [1.165, 1.54) is 0 Å². The molecule has 11 heavy (non-hydrogen) atoms. The van der Waals surface area contributed by atoms with Crippen molar-refractivity contribution in [2.45, 2.75) is 0 Å². The van der Waals surface area contributed by atoms with E-state index in [0.717, 1.165) is 5.69 Å². The first kappa shape index (κ1) is 8.21. The van der Waals surface area contributed by atoms with E-state index in [-0.39, 0.29) is 0 Å². The van der Waals surface area contributed by atoms with Crippen molar-refractivity contribution in [2.24, 2.45) is 0 Å². The van der Waals surface area contributed by atoms with Crippen molar-refractivity contribution in [2.75, 3.05) is 24.7 Å². The zero-order valence-electron chi connectivity index (χ0n) is 6.63. The van der Waals surface area contributed by atoms with Gasteiger partial charge in [0.25, 0.3) is 0 Å². The van der Waals surface area contributed by atoms with E-state index in [1.807, 2.05) is 37.2 Å². The lowest BCUT2D eigenvalue weighted by molar-refractivity contribution is 1.13. The smallest absolute Gasteiger partial charge is 0.0783 e. The van der Waals surface area contributed by atoms with Crippen molar-refractivity contribution in [3.63, 3.8) is 0 Å². The van der Waals surface area contributed by atoms with Crippen molar-refractivity contribution >= 4 is 23.0 Å². The molecule has 0 spiro atoms. The zero-order valence-corrected chi connectivity index (χ0v) is 7.39. The molecule has 1 aromatic rings. The van der Waals surface area contributed by atoms with Gasteiger partial charge in [-0.15, -0.1) is 0 Å². The van der Waals surface area contributed by atoms with E-state index >= 15 is 0 Å². The topological polar surface area (TPSA) is 29.3 Å². The highest BCUT2D eigenvalue weighted by Gasteiger charge is 2.04. The lowest BCUT2D eigenvalue weighted by Gasteiger charge is -2.16. The largest absolute Gasteiger partial charge is 0.397 e. The van der Waals surface area contributed by atoms with Gasteiger partial charge in [0.2, 0.25) is 0 Å². The van der Waals surface area contributed by atoms with Crippen LogP contribution in [0.2, 0.25) is 5.02 Å². The van der Waals surface area contributed by atoms with Crippen LogP contribution in [0.5, 0.6) is 0 Å². The number of hydrogen-bond donors (Lipinski definition) is 1. The molecule has 0 amide bonds. The molecular formula is C8H11ClN2. The van der Waals surface area contributed by atoms with Gasteiger partial charge in [-0.3, -0.25) is 0 Å². The van der Waals surface area contributed by atoms with E-state index in [9.17, 15) is 0 Å². The highest BCUT2D eigenvalue weighted by Crippen LogP contribution is 2.29. The number of benzene rings is 1. The second-order valence-electron chi connectivity index (χ2n) is 2.57. The van der Waals surface area contributed by atoms with Crippen LogP contribution >= 0.6 is 11.6 Å². The Morgan fingerprint density at radius 2 is 2.00 bits per heavy atom. The molecule has 1 aromatic carbocycles. The quantitative estimate of drug-likeness (QED) is 0.654. The third-order valence-electron chi connectivity index (χ3n) is 1.47. The van der Waals surface area contributed by atoms with E-state index < -0.39 is 0 Å². The molecule has 0 aliphatic heterocycles. The van der Waals surface area contributed by atoms with Gasteiger partial charge >= 0.3 is 0 Å². The van der Waals surface area contributed by atoms with Gasteiger partial charge in [-0.2, -0.15) is 0 Å². The van der Waals surface area contributed by atoms with Gasteiger partial charge in [0.05, 0.1) is 16.4 Å². The van der Waals surface area contributed by atoms with Crippen molar-refractivity contribution < 1.29 is 0 Å². The summed E-state index contributed by atoms with van der Waals surface area (Å²) >= 11 is 5.90. The molecule has 0 saturated heterocycles. The van der Waals surface area contributed by atoms with Crippen LogP contribution in [0.15, 0.2) is 18.2 Å². The summed E-state index contributed by atoms with van der Waals surface area (Å²) in [5.74, 6) is 0. The average molecular weight is 171 g/mol. The normalized spacial score (nSPS) is 9.73. The molecule has 0 aromatic heterocycles. The summed E-state index contributed by atoms with van der Waals surface area (Å²) in [6.45, 7) is 0. The van der Waals surface area contributed by atoms with Crippen LogP contribution in [0.4, 0.5) is 11.4 Å². The van der Waals surface area contributed by atoms with Crippen LogP contribution in [-0.4, -0.2) is 14.1 Å². The van der Waals surface area contributed by atoms with Gasteiger partial charge in [-0.05, 0) is 12.1 Å². The Kier molecular flexibility index (Phi) is 2.25. The molecule has 1 rings (SSSR count). The standard InChI is InChI=1S/C8H11ClN2/c1-11(2)8-6(9)4-3-5-7(8)10/h3-5H,10H2,1-2H3. The van der Waals surface area contributed by atoms with Crippen molar-refractivity contribution in [1.29, 1.82) is 0 Å². The Morgan fingerprint density at radius 3 is 2.36 bits per heavy atom. The van der Waals surface area contributed by atoms with Crippen LogP contribution in [0.25, 0.3) is 0 Å². The number of anilines is 2. The molecule has 0 radical (unpaired) electrons. The maximum Gasteiger partial charge on any atom is 0.0783 e. The first-order valence-electron chi connectivity index (χ1n) is 3.34. The second kappa shape index (κ2) is 3.01. The summed E-state index contributed by atoms with van der Waals surface area (Å²) in [6, 6.07) is 5.50. The SMILES string of the molecule is CN(C)c1c(N)cccc1Cl. The zero-order chi connectivity index (χ0) is 8.43. The van der Waals surface area contributed by atoms with Gasteiger partial charge in [-0.25, -0.2) is 0 Å². The average Bonchev–Trinajstić information content (AvgIpc) is 1.85. The fraction of sp³-hybridized carbons (Fsp3) is 0.250. The first-order chi connectivity index (χ1) is 5.13. The van der Waals surface area contributed by atoms with Crippen LogP contribution in [0, 0.1) is 0 Å². The number of halogens is 1. The van der Waals surface area contributed by atoms with Crippen molar-refractivity contribution in [3.05, 3.63) is 23.2 Å². The Balaban J connectivity index is 3.21. The minimum Gasteiger partial charge on any atom is -0.397 e. The van der Waals surface area contributed by atoms with Crippen LogP contribution in [-0.2, 0) is 0 Å². The maximum absolute atomic E-state index is 5.90. The van der Waals surface area contributed by atoms with E-state index in [4.69, 9.17) is 17.3 Å². The predicted octanol–water partition coefficient (Wildman–Crippen LogP) is 1.99. The molecule has 0 heterocycles. The van der Waals surface area contributed by atoms with Crippen LogP contribution in [0.3, 0.4) is 0 Å². The third-order valence-corrected chi connectivity index (χ3v) is 1.77. The summed E-state index contributed by atoms with van der Waals surface area (Å²) in [5, 5.41) is 0.690. The third kappa shape index (κ3) is 1.57. The number of rotatable bonds is 1. The molecular weight excluding hydrogens is 160 g/mol. The van der Waals surface area contributed by atoms with E-state index in [1.54, 1.807) is 0 Å². The first-order valence-corrected chi connectivity index (χ1v) is 3.72. The molecule has 0 saturated carbocycles. The lowest BCUT2D eigenvalue weighted by atomic mass is 10.2. The molecule has 0 fully saturated rings. The number of nitrogen functional groups attached to an aromatic ring is 1.